The number of rotatable bonds is 6. The molecule has 118 valence electrons. The van der Waals surface area contributed by atoms with E-state index in [4.69, 9.17) is 4.74 Å². The average molecular weight is 291 g/mol. The Kier molecular flexibility index (Phi) is 6.03. The van der Waals surface area contributed by atoms with Crippen molar-refractivity contribution >= 4 is 0 Å². The molecule has 0 aliphatic carbocycles. The Morgan fingerprint density at radius 3 is 2.57 bits per heavy atom. The highest BCUT2D eigenvalue weighted by atomic mass is 16.5. The predicted octanol–water partition coefficient (Wildman–Crippen LogP) is 2.11. The normalized spacial score (nSPS) is 18.7. The summed E-state index contributed by atoms with van der Waals surface area (Å²) in [6.07, 6.45) is 0. The second kappa shape index (κ2) is 7.78. The minimum Gasteiger partial charge on any atom is -0.494 e. The van der Waals surface area contributed by atoms with Crippen molar-refractivity contribution in [2.24, 2.45) is 0 Å². The van der Waals surface area contributed by atoms with Gasteiger partial charge in [0.15, 0.2) is 0 Å². The van der Waals surface area contributed by atoms with Gasteiger partial charge in [-0.25, -0.2) is 0 Å². The number of hydrogen-bond acceptors (Lipinski definition) is 4. The van der Waals surface area contributed by atoms with E-state index < -0.39 is 0 Å². The summed E-state index contributed by atoms with van der Waals surface area (Å²) in [5.41, 5.74) is 2.63. The van der Waals surface area contributed by atoms with Gasteiger partial charge in [-0.3, -0.25) is 4.90 Å². The van der Waals surface area contributed by atoms with Crippen molar-refractivity contribution in [3.8, 4) is 5.75 Å². The van der Waals surface area contributed by atoms with Crippen LogP contribution < -0.4 is 10.1 Å². The fraction of sp³-hybridized carbons (Fsp3) is 0.647. The molecule has 0 bridgehead atoms. The standard InChI is InChI=1S/C17H29N3O/c1-5-21-17-7-6-15(14(2)18-3)12-16(17)13-20-10-8-19(4)9-11-20/h6-7,12,14,18H,5,8-11,13H2,1-4H3. The summed E-state index contributed by atoms with van der Waals surface area (Å²) < 4.78 is 5.81. The molecule has 1 aromatic rings. The van der Waals surface area contributed by atoms with Crippen molar-refractivity contribution < 1.29 is 4.74 Å². The summed E-state index contributed by atoms with van der Waals surface area (Å²) in [6, 6.07) is 6.95. The van der Waals surface area contributed by atoms with E-state index in [1.54, 1.807) is 0 Å². The average Bonchev–Trinajstić information content (AvgIpc) is 2.50. The molecule has 1 aliphatic heterocycles. The van der Waals surface area contributed by atoms with Crippen LogP contribution in [0.25, 0.3) is 0 Å². The van der Waals surface area contributed by atoms with E-state index in [0.717, 1.165) is 45.1 Å². The lowest BCUT2D eigenvalue weighted by Gasteiger charge is -2.32. The molecule has 1 heterocycles. The van der Waals surface area contributed by atoms with Crippen LogP contribution >= 0.6 is 0 Å². The summed E-state index contributed by atoms with van der Waals surface area (Å²) in [6.45, 7) is 10.5. The largest absolute Gasteiger partial charge is 0.494 e. The maximum absolute atomic E-state index is 5.81. The molecular weight excluding hydrogens is 262 g/mol. The fourth-order valence-electron chi connectivity index (χ4n) is 2.70. The van der Waals surface area contributed by atoms with Gasteiger partial charge in [0.2, 0.25) is 0 Å². The molecule has 0 spiro atoms. The predicted molar refractivity (Wildman–Crippen MR) is 87.9 cm³/mol. The second-order valence-electron chi connectivity index (χ2n) is 5.89. The third kappa shape index (κ3) is 4.43. The van der Waals surface area contributed by atoms with Crippen molar-refractivity contribution in [1.29, 1.82) is 0 Å². The highest BCUT2D eigenvalue weighted by Gasteiger charge is 2.16. The zero-order valence-corrected chi connectivity index (χ0v) is 13.9. The Morgan fingerprint density at radius 2 is 1.95 bits per heavy atom. The summed E-state index contributed by atoms with van der Waals surface area (Å²) in [4.78, 5) is 4.91. The van der Waals surface area contributed by atoms with Crippen LogP contribution in [0.3, 0.4) is 0 Å². The van der Waals surface area contributed by atoms with E-state index in [0.29, 0.717) is 6.04 Å². The third-order valence-electron chi connectivity index (χ3n) is 4.31. The van der Waals surface area contributed by atoms with Crippen LogP contribution in [-0.2, 0) is 6.54 Å². The summed E-state index contributed by atoms with van der Waals surface area (Å²) in [5, 5.41) is 3.31. The SMILES string of the molecule is CCOc1ccc(C(C)NC)cc1CN1CCN(C)CC1. The van der Waals surface area contributed by atoms with Gasteiger partial charge in [0.05, 0.1) is 6.61 Å². The first kappa shape index (κ1) is 16.3. The first-order valence-corrected chi connectivity index (χ1v) is 7.97. The van der Waals surface area contributed by atoms with Gasteiger partial charge in [-0.05, 0) is 45.6 Å². The van der Waals surface area contributed by atoms with E-state index in [2.05, 4.69) is 47.3 Å². The minimum atomic E-state index is 0.368. The maximum atomic E-state index is 5.81. The zero-order valence-electron chi connectivity index (χ0n) is 13.9. The van der Waals surface area contributed by atoms with Crippen LogP contribution in [0.15, 0.2) is 18.2 Å². The number of hydrogen-bond donors (Lipinski definition) is 1. The molecule has 0 radical (unpaired) electrons. The van der Waals surface area contributed by atoms with E-state index in [-0.39, 0.29) is 0 Å². The molecule has 1 N–H and O–H groups in total. The van der Waals surface area contributed by atoms with Crippen molar-refractivity contribution in [2.45, 2.75) is 26.4 Å². The molecule has 1 saturated heterocycles. The summed E-state index contributed by atoms with van der Waals surface area (Å²) in [5.74, 6) is 1.03. The molecule has 0 saturated carbocycles. The smallest absolute Gasteiger partial charge is 0.123 e. The van der Waals surface area contributed by atoms with Gasteiger partial charge in [-0.2, -0.15) is 0 Å². The van der Waals surface area contributed by atoms with Crippen LogP contribution in [0.5, 0.6) is 5.75 Å². The number of nitrogens with zero attached hydrogens (tertiary/aromatic N) is 2. The van der Waals surface area contributed by atoms with Gasteiger partial charge in [-0.1, -0.05) is 6.07 Å². The van der Waals surface area contributed by atoms with E-state index in [1.807, 2.05) is 14.0 Å². The molecule has 4 heteroatoms. The topological polar surface area (TPSA) is 27.7 Å². The first-order chi connectivity index (χ1) is 10.1. The highest BCUT2D eigenvalue weighted by Crippen LogP contribution is 2.25. The quantitative estimate of drug-likeness (QED) is 0.869. The molecule has 1 fully saturated rings. The summed E-state index contributed by atoms with van der Waals surface area (Å²) >= 11 is 0. The van der Waals surface area contributed by atoms with E-state index >= 15 is 0 Å². The van der Waals surface area contributed by atoms with E-state index in [9.17, 15) is 0 Å². The van der Waals surface area contributed by atoms with Crippen LogP contribution in [0.1, 0.15) is 31.0 Å². The Labute approximate surface area is 129 Å². The number of piperazine rings is 1. The van der Waals surface area contributed by atoms with Crippen LogP contribution in [0.4, 0.5) is 0 Å². The lowest BCUT2D eigenvalue weighted by molar-refractivity contribution is 0.146. The molecule has 1 unspecified atom stereocenters. The van der Waals surface area contributed by atoms with Gasteiger partial charge in [0, 0.05) is 44.3 Å². The highest BCUT2D eigenvalue weighted by molar-refractivity contribution is 5.38. The van der Waals surface area contributed by atoms with Gasteiger partial charge in [-0.15, -0.1) is 0 Å². The Hall–Kier alpha value is -1.10. The van der Waals surface area contributed by atoms with Crippen molar-refractivity contribution in [3.05, 3.63) is 29.3 Å². The van der Waals surface area contributed by atoms with Crippen LogP contribution in [-0.4, -0.2) is 56.7 Å². The third-order valence-corrected chi connectivity index (χ3v) is 4.31. The van der Waals surface area contributed by atoms with Crippen LogP contribution in [0, 0.1) is 0 Å². The molecule has 1 aliphatic rings. The van der Waals surface area contributed by atoms with Crippen LogP contribution in [0.2, 0.25) is 0 Å². The first-order valence-electron chi connectivity index (χ1n) is 7.97. The maximum Gasteiger partial charge on any atom is 0.123 e. The Balaban J connectivity index is 2.13. The minimum absolute atomic E-state index is 0.368. The molecule has 2 rings (SSSR count). The summed E-state index contributed by atoms with van der Waals surface area (Å²) in [7, 11) is 4.19. The van der Waals surface area contributed by atoms with Gasteiger partial charge < -0.3 is 15.0 Å². The number of ether oxygens (including phenoxy) is 1. The number of likely N-dealkylation sites (N-methyl/N-ethyl adjacent to an activating group) is 1. The van der Waals surface area contributed by atoms with Gasteiger partial charge >= 0.3 is 0 Å². The molecule has 21 heavy (non-hydrogen) atoms. The molecule has 1 atom stereocenters. The van der Waals surface area contributed by atoms with E-state index in [1.165, 1.54) is 11.1 Å². The lowest BCUT2D eigenvalue weighted by atomic mass is 10.0. The van der Waals surface area contributed by atoms with Crippen molar-refractivity contribution in [1.82, 2.24) is 15.1 Å². The van der Waals surface area contributed by atoms with Crippen molar-refractivity contribution in [2.75, 3.05) is 46.9 Å². The van der Waals surface area contributed by atoms with Gasteiger partial charge in [0.25, 0.3) is 0 Å². The second-order valence-corrected chi connectivity index (χ2v) is 5.89. The lowest BCUT2D eigenvalue weighted by Crippen LogP contribution is -2.43. The number of nitrogens with one attached hydrogen (secondary N) is 1. The fourth-order valence-corrected chi connectivity index (χ4v) is 2.70. The number of benzene rings is 1. The Bertz CT molecular complexity index is 442. The van der Waals surface area contributed by atoms with Crippen molar-refractivity contribution in [3.63, 3.8) is 0 Å². The molecular formula is C17H29N3O. The molecule has 0 amide bonds. The monoisotopic (exact) mass is 291 g/mol. The molecule has 0 aromatic heterocycles. The van der Waals surface area contributed by atoms with Gasteiger partial charge in [0.1, 0.15) is 5.75 Å². The molecule has 4 nitrogen and oxygen atoms in total. The zero-order chi connectivity index (χ0) is 15.2. The molecule has 1 aromatic carbocycles. The Morgan fingerprint density at radius 1 is 1.24 bits per heavy atom.